The van der Waals surface area contributed by atoms with Gasteiger partial charge < -0.3 is 20.5 Å². The number of aryl methyl sites for hydroxylation is 2. The van der Waals surface area contributed by atoms with Gasteiger partial charge in [0.1, 0.15) is 5.75 Å². The number of nitrogens with zero attached hydrogens (tertiary/aromatic N) is 1. The zero-order chi connectivity index (χ0) is 18.1. The number of ether oxygens (including phenoxy) is 2. The van der Waals surface area contributed by atoms with E-state index in [1.807, 2.05) is 50.2 Å². The fraction of sp³-hybridized carbons (Fsp3) is 0.350. The number of guanidine groups is 1. The van der Waals surface area contributed by atoms with Crippen LogP contribution in [-0.2, 0) is 11.3 Å². The van der Waals surface area contributed by atoms with Crippen LogP contribution in [0.15, 0.2) is 47.5 Å². The van der Waals surface area contributed by atoms with Gasteiger partial charge in [0.05, 0.1) is 13.2 Å². The second kappa shape index (κ2) is 11.7. The molecule has 0 amide bonds. The lowest BCUT2D eigenvalue weighted by Gasteiger charge is -2.12. The Kier molecular flexibility index (Phi) is 10.0. The minimum atomic E-state index is 0. The summed E-state index contributed by atoms with van der Waals surface area (Å²) in [5.74, 6) is 1.23. The Balaban J connectivity index is 0.00000338. The highest BCUT2D eigenvalue weighted by Gasteiger charge is 2.05. The van der Waals surface area contributed by atoms with E-state index in [-0.39, 0.29) is 24.0 Å². The molecule has 0 radical (unpaired) electrons. The van der Waals surface area contributed by atoms with Gasteiger partial charge in [0, 0.05) is 31.4 Å². The molecule has 0 aliphatic heterocycles. The van der Waals surface area contributed by atoms with Gasteiger partial charge >= 0.3 is 0 Å². The maximum absolute atomic E-state index is 5.99. The van der Waals surface area contributed by atoms with Crippen LogP contribution in [0.4, 0.5) is 5.69 Å². The fourth-order valence-corrected chi connectivity index (χ4v) is 2.31. The third kappa shape index (κ3) is 7.61. The molecule has 2 aromatic rings. The number of methoxy groups -OCH3 is 1. The second-order valence-corrected chi connectivity index (χ2v) is 6.00. The molecule has 0 saturated carbocycles. The van der Waals surface area contributed by atoms with Crippen molar-refractivity contribution in [1.29, 1.82) is 0 Å². The number of nitrogens with one attached hydrogen (secondary N) is 1. The van der Waals surface area contributed by atoms with Crippen LogP contribution in [0.5, 0.6) is 5.75 Å². The molecule has 5 nitrogen and oxygen atoms in total. The van der Waals surface area contributed by atoms with Crippen molar-refractivity contribution in [2.75, 3.05) is 25.6 Å². The Morgan fingerprint density at radius 3 is 2.42 bits per heavy atom. The highest BCUT2D eigenvalue weighted by molar-refractivity contribution is 14.0. The summed E-state index contributed by atoms with van der Waals surface area (Å²) in [7, 11) is 1.69. The number of aliphatic imine (C=N–C) groups is 1. The second-order valence-electron chi connectivity index (χ2n) is 6.00. The van der Waals surface area contributed by atoms with Crippen LogP contribution in [0.3, 0.4) is 0 Å². The van der Waals surface area contributed by atoms with Crippen LogP contribution in [0.1, 0.15) is 23.1 Å². The van der Waals surface area contributed by atoms with E-state index in [0.717, 1.165) is 29.0 Å². The van der Waals surface area contributed by atoms with Crippen molar-refractivity contribution >= 4 is 35.6 Å². The third-order valence-electron chi connectivity index (χ3n) is 3.72. The van der Waals surface area contributed by atoms with Crippen LogP contribution in [0, 0.1) is 13.8 Å². The number of hydrogen-bond donors (Lipinski definition) is 2. The number of benzene rings is 2. The van der Waals surface area contributed by atoms with Gasteiger partial charge in [-0.3, -0.25) is 0 Å². The molecule has 2 rings (SSSR count). The first-order valence-electron chi connectivity index (χ1n) is 8.43. The van der Waals surface area contributed by atoms with E-state index in [2.05, 4.69) is 16.4 Å². The van der Waals surface area contributed by atoms with Gasteiger partial charge in [0.2, 0.25) is 0 Å². The van der Waals surface area contributed by atoms with Crippen molar-refractivity contribution in [2.45, 2.75) is 26.8 Å². The largest absolute Gasteiger partial charge is 0.493 e. The summed E-state index contributed by atoms with van der Waals surface area (Å²) < 4.78 is 10.9. The lowest BCUT2D eigenvalue weighted by molar-refractivity contribution is 0.172. The summed E-state index contributed by atoms with van der Waals surface area (Å²) in [6.45, 7) is 5.86. The molecule has 2 aromatic carbocycles. The zero-order valence-electron chi connectivity index (χ0n) is 15.6. The Morgan fingerprint density at radius 1 is 1.04 bits per heavy atom. The summed E-state index contributed by atoms with van der Waals surface area (Å²) in [6, 6.07) is 14.1. The molecule has 0 aromatic heterocycles. The third-order valence-corrected chi connectivity index (χ3v) is 3.72. The lowest BCUT2D eigenvalue weighted by atomic mass is 10.1. The van der Waals surface area contributed by atoms with Crippen molar-refractivity contribution in [2.24, 2.45) is 10.7 Å². The van der Waals surface area contributed by atoms with Gasteiger partial charge in [-0.2, -0.15) is 0 Å². The molecular formula is C20H28IN3O2. The Bertz CT molecular complexity index is 703. The minimum absolute atomic E-state index is 0. The molecule has 0 bridgehead atoms. The van der Waals surface area contributed by atoms with Crippen molar-refractivity contribution in [3.8, 4) is 5.75 Å². The first-order chi connectivity index (χ1) is 12.1. The maximum atomic E-state index is 5.99. The molecular weight excluding hydrogens is 441 g/mol. The standard InChI is InChI=1S/C20H27N3O2.HI/c1-15-6-9-18(10-7-15)23-20(21)22-14-17-8-5-16(2)13-19(17)25-12-4-11-24-3;/h5-10,13H,4,11-12,14H2,1-3H3,(H3,21,22,23);1H. The average molecular weight is 469 g/mol. The molecule has 142 valence electrons. The van der Waals surface area contributed by atoms with E-state index in [1.54, 1.807) is 7.11 Å². The van der Waals surface area contributed by atoms with E-state index in [9.17, 15) is 0 Å². The van der Waals surface area contributed by atoms with E-state index in [0.29, 0.717) is 25.7 Å². The maximum Gasteiger partial charge on any atom is 0.193 e. The molecule has 3 N–H and O–H groups in total. The SMILES string of the molecule is COCCCOc1cc(C)ccc1CN=C(N)Nc1ccc(C)cc1.I. The number of halogens is 1. The van der Waals surface area contributed by atoms with Crippen LogP contribution < -0.4 is 15.8 Å². The molecule has 0 aliphatic carbocycles. The zero-order valence-corrected chi connectivity index (χ0v) is 17.9. The Morgan fingerprint density at radius 2 is 1.73 bits per heavy atom. The fourth-order valence-electron chi connectivity index (χ4n) is 2.31. The summed E-state index contributed by atoms with van der Waals surface area (Å²) in [5, 5.41) is 3.10. The summed E-state index contributed by atoms with van der Waals surface area (Å²) in [4.78, 5) is 4.43. The number of anilines is 1. The van der Waals surface area contributed by atoms with Crippen molar-refractivity contribution in [1.82, 2.24) is 0 Å². The predicted molar refractivity (Wildman–Crippen MR) is 119 cm³/mol. The smallest absolute Gasteiger partial charge is 0.193 e. The molecule has 0 unspecified atom stereocenters. The minimum Gasteiger partial charge on any atom is -0.493 e. The molecule has 0 aliphatic rings. The molecule has 0 spiro atoms. The Labute approximate surface area is 173 Å². The molecule has 0 heterocycles. The van der Waals surface area contributed by atoms with Gasteiger partial charge in [-0.25, -0.2) is 4.99 Å². The molecule has 6 heteroatoms. The topological polar surface area (TPSA) is 68.9 Å². The highest BCUT2D eigenvalue weighted by Crippen LogP contribution is 2.21. The van der Waals surface area contributed by atoms with Crippen LogP contribution in [-0.4, -0.2) is 26.3 Å². The molecule has 26 heavy (non-hydrogen) atoms. The normalized spacial score (nSPS) is 11.0. The van der Waals surface area contributed by atoms with E-state index in [1.165, 1.54) is 5.56 Å². The number of rotatable bonds is 8. The first-order valence-corrected chi connectivity index (χ1v) is 8.43. The number of nitrogens with two attached hydrogens (primary N) is 1. The van der Waals surface area contributed by atoms with E-state index >= 15 is 0 Å². The summed E-state index contributed by atoms with van der Waals surface area (Å²) in [5.41, 5.74) is 10.3. The predicted octanol–water partition coefficient (Wildman–Crippen LogP) is 4.26. The van der Waals surface area contributed by atoms with Crippen LogP contribution >= 0.6 is 24.0 Å². The van der Waals surface area contributed by atoms with Crippen molar-refractivity contribution in [3.05, 3.63) is 59.2 Å². The van der Waals surface area contributed by atoms with Crippen molar-refractivity contribution < 1.29 is 9.47 Å². The van der Waals surface area contributed by atoms with Gasteiger partial charge in [0.25, 0.3) is 0 Å². The highest BCUT2D eigenvalue weighted by atomic mass is 127. The molecule has 0 atom stereocenters. The van der Waals surface area contributed by atoms with Gasteiger partial charge in [0.15, 0.2) is 5.96 Å². The van der Waals surface area contributed by atoms with Gasteiger partial charge in [-0.1, -0.05) is 29.8 Å². The van der Waals surface area contributed by atoms with Crippen molar-refractivity contribution in [3.63, 3.8) is 0 Å². The van der Waals surface area contributed by atoms with Gasteiger partial charge in [-0.05, 0) is 37.6 Å². The quantitative estimate of drug-likeness (QED) is 0.262. The monoisotopic (exact) mass is 469 g/mol. The van der Waals surface area contributed by atoms with Gasteiger partial charge in [-0.15, -0.1) is 24.0 Å². The van der Waals surface area contributed by atoms with Crippen LogP contribution in [0.2, 0.25) is 0 Å². The summed E-state index contributed by atoms with van der Waals surface area (Å²) >= 11 is 0. The first kappa shape index (κ1) is 22.2. The lowest BCUT2D eigenvalue weighted by Crippen LogP contribution is -2.22. The van der Waals surface area contributed by atoms with E-state index < -0.39 is 0 Å². The number of hydrogen-bond acceptors (Lipinski definition) is 3. The van der Waals surface area contributed by atoms with Crippen LogP contribution in [0.25, 0.3) is 0 Å². The average Bonchev–Trinajstić information content (AvgIpc) is 2.60. The van der Waals surface area contributed by atoms with E-state index in [4.69, 9.17) is 15.2 Å². The molecule has 0 saturated heterocycles. The molecule has 0 fully saturated rings. The summed E-state index contributed by atoms with van der Waals surface area (Å²) in [6.07, 6.45) is 0.851. The Hall–Kier alpha value is -1.80.